The quantitative estimate of drug-likeness (QED) is 0.873. The van der Waals surface area contributed by atoms with E-state index in [4.69, 9.17) is 11.5 Å². The first-order chi connectivity index (χ1) is 8.50. The van der Waals surface area contributed by atoms with Gasteiger partial charge in [0.15, 0.2) is 5.82 Å². The van der Waals surface area contributed by atoms with Crippen molar-refractivity contribution in [2.75, 3.05) is 23.7 Å². The molecule has 2 rings (SSSR count). The van der Waals surface area contributed by atoms with Crippen molar-refractivity contribution in [1.82, 2.24) is 4.37 Å². The summed E-state index contributed by atoms with van der Waals surface area (Å²) in [5, 5.41) is 0.835. The van der Waals surface area contributed by atoms with E-state index >= 15 is 0 Å². The van der Waals surface area contributed by atoms with Gasteiger partial charge in [0.2, 0.25) is 0 Å². The lowest BCUT2D eigenvalue weighted by Crippen LogP contribution is -2.35. The number of nitrogens with zero attached hydrogens (tertiary/aromatic N) is 2. The molecule has 1 amide bonds. The van der Waals surface area contributed by atoms with Gasteiger partial charge in [0.25, 0.3) is 5.91 Å². The third kappa shape index (κ3) is 2.43. The fourth-order valence-electron chi connectivity index (χ4n) is 2.51. The molecule has 2 heterocycles. The molecule has 0 atom stereocenters. The van der Waals surface area contributed by atoms with E-state index in [2.05, 4.69) is 23.1 Å². The number of hydrogen-bond acceptors (Lipinski definition) is 5. The Bertz CT molecular complexity index is 435. The summed E-state index contributed by atoms with van der Waals surface area (Å²) in [6, 6.07) is 0. The second kappa shape index (κ2) is 5.14. The molecule has 1 aliphatic heterocycles. The third-order valence-corrected chi connectivity index (χ3v) is 4.64. The largest absolute Gasteiger partial charge is 0.382 e. The maximum absolute atomic E-state index is 11.4. The Balaban J connectivity index is 2.13. The average molecular weight is 268 g/mol. The van der Waals surface area contributed by atoms with Crippen LogP contribution in [0.2, 0.25) is 0 Å². The van der Waals surface area contributed by atoms with E-state index in [1.54, 1.807) is 0 Å². The number of aromatic nitrogens is 1. The summed E-state index contributed by atoms with van der Waals surface area (Å²) in [5.41, 5.74) is 11.5. The highest BCUT2D eigenvalue weighted by Gasteiger charge is 2.26. The van der Waals surface area contributed by atoms with E-state index in [1.165, 1.54) is 11.5 Å². The smallest absolute Gasteiger partial charge is 0.255 e. The molecule has 0 spiro atoms. The van der Waals surface area contributed by atoms with Gasteiger partial charge in [-0.2, -0.15) is 4.37 Å². The summed E-state index contributed by atoms with van der Waals surface area (Å²) in [6.45, 7) is 6.43. The fraction of sp³-hybridized carbons (Fsp3) is 0.667. The van der Waals surface area contributed by atoms with Crippen molar-refractivity contribution in [2.45, 2.75) is 26.7 Å². The predicted molar refractivity (Wildman–Crippen MR) is 74.8 cm³/mol. The van der Waals surface area contributed by atoms with Crippen LogP contribution in [0.15, 0.2) is 0 Å². The minimum atomic E-state index is -0.484. The van der Waals surface area contributed by atoms with Gasteiger partial charge >= 0.3 is 0 Å². The minimum absolute atomic E-state index is 0.258. The van der Waals surface area contributed by atoms with E-state index < -0.39 is 5.91 Å². The molecular weight excluding hydrogens is 248 g/mol. The lowest BCUT2D eigenvalue weighted by atomic mass is 9.87. The summed E-state index contributed by atoms with van der Waals surface area (Å²) in [5.74, 6) is 1.26. The Morgan fingerprint density at radius 2 is 2.06 bits per heavy atom. The fourth-order valence-corrected chi connectivity index (χ4v) is 3.38. The van der Waals surface area contributed by atoms with Gasteiger partial charge in [0.05, 0.1) is 0 Å². The van der Waals surface area contributed by atoms with Gasteiger partial charge in [-0.1, -0.05) is 13.8 Å². The Labute approximate surface area is 111 Å². The zero-order chi connectivity index (χ0) is 13.3. The summed E-state index contributed by atoms with van der Waals surface area (Å²) >= 11 is 1.27. The number of primary amides is 1. The maximum Gasteiger partial charge on any atom is 0.255 e. The van der Waals surface area contributed by atoms with Gasteiger partial charge in [-0.05, 0) is 36.2 Å². The average Bonchev–Trinajstić information content (AvgIpc) is 2.71. The number of carbonyl (C=O) groups excluding carboxylic acids is 1. The van der Waals surface area contributed by atoms with Crippen LogP contribution in [0.1, 0.15) is 37.0 Å². The molecule has 1 aliphatic rings. The summed E-state index contributed by atoms with van der Waals surface area (Å²) in [6.07, 6.45) is 2.29. The SMILES string of the molecule is CC(C)C1CCN(c2snc(N)c2C(N)=O)CC1. The molecular formula is C12H20N4OS. The molecule has 1 aromatic rings. The molecule has 0 saturated carbocycles. The van der Waals surface area contributed by atoms with Crippen LogP contribution >= 0.6 is 11.5 Å². The number of rotatable bonds is 3. The van der Waals surface area contributed by atoms with Crippen LogP contribution in [0, 0.1) is 11.8 Å². The maximum atomic E-state index is 11.4. The topological polar surface area (TPSA) is 85.2 Å². The van der Waals surface area contributed by atoms with Crippen molar-refractivity contribution in [3.63, 3.8) is 0 Å². The van der Waals surface area contributed by atoms with Crippen LogP contribution in [0.5, 0.6) is 0 Å². The van der Waals surface area contributed by atoms with Crippen LogP contribution < -0.4 is 16.4 Å². The van der Waals surface area contributed by atoms with Gasteiger partial charge in [-0.25, -0.2) is 0 Å². The van der Waals surface area contributed by atoms with Gasteiger partial charge < -0.3 is 16.4 Å². The lowest BCUT2D eigenvalue weighted by molar-refractivity contribution is 0.100. The molecule has 1 aromatic heterocycles. The van der Waals surface area contributed by atoms with Crippen molar-refractivity contribution in [3.8, 4) is 0 Å². The number of amides is 1. The zero-order valence-corrected chi connectivity index (χ0v) is 11.7. The first-order valence-corrected chi connectivity index (χ1v) is 7.08. The number of carbonyl (C=O) groups is 1. The molecule has 1 fully saturated rings. The van der Waals surface area contributed by atoms with E-state index in [0.717, 1.165) is 36.9 Å². The van der Waals surface area contributed by atoms with Crippen molar-refractivity contribution >= 4 is 28.3 Å². The van der Waals surface area contributed by atoms with Gasteiger partial charge in [0.1, 0.15) is 10.6 Å². The first kappa shape index (κ1) is 13.1. The van der Waals surface area contributed by atoms with E-state index in [1.807, 2.05) is 0 Å². The van der Waals surface area contributed by atoms with Gasteiger partial charge in [0, 0.05) is 13.1 Å². The van der Waals surface area contributed by atoms with Crippen LogP contribution in [0.3, 0.4) is 0 Å². The third-order valence-electron chi connectivity index (χ3n) is 3.72. The minimum Gasteiger partial charge on any atom is -0.382 e. The summed E-state index contributed by atoms with van der Waals surface area (Å²) in [4.78, 5) is 13.6. The van der Waals surface area contributed by atoms with E-state index in [-0.39, 0.29) is 5.82 Å². The molecule has 0 radical (unpaired) electrons. The number of anilines is 2. The lowest BCUT2D eigenvalue weighted by Gasteiger charge is -2.34. The molecule has 0 bridgehead atoms. The Morgan fingerprint density at radius 1 is 1.44 bits per heavy atom. The van der Waals surface area contributed by atoms with E-state index in [9.17, 15) is 4.79 Å². The molecule has 0 aliphatic carbocycles. The van der Waals surface area contributed by atoms with Gasteiger partial charge in [-0.15, -0.1) is 0 Å². The summed E-state index contributed by atoms with van der Waals surface area (Å²) < 4.78 is 4.04. The van der Waals surface area contributed by atoms with Crippen LogP contribution in [-0.4, -0.2) is 23.4 Å². The van der Waals surface area contributed by atoms with Crippen molar-refractivity contribution in [3.05, 3.63) is 5.56 Å². The van der Waals surface area contributed by atoms with Crippen LogP contribution in [0.25, 0.3) is 0 Å². The highest BCUT2D eigenvalue weighted by molar-refractivity contribution is 7.11. The monoisotopic (exact) mass is 268 g/mol. The Morgan fingerprint density at radius 3 is 2.56 bits per heavy atom. The number of hydrogen-bond donors (Lipinski definition) is 2. The number of nitrogen functional groups attached to an aromatic ring is 1. The Hall–Kier alpha value is -1.30. The van der Waals surface area contributed by atoms with Crippen molar-refractivity contribution in [2.24, 2.45) is 17.6 Å². The normalized spacial score (nSPS) is 17.4. The summed E-state index contributed by atoms with van der Waals surface area (Å²) in [7, 11) is 0. The molecule has 0 aromatic carbocycles. The highest BCUT2D eigenvalue weighted by atomic mass is 32.1. The molecule has 0 unspecified atom stereocenters. The molecule has 18 heavy (non-hydrogen) atoms. The molecule has 100 valence electrons. The highest BCUT2D eigenvalue weighted by Crippen LogP contribution is 2.34. The standard InChI is InChI=1S/C12H20N4OS/c1-7(2)8-3-5-16(6-4-8)12-9(11(14)17)10(13)15-18-12/h7-8H,3-6H2,1-2H3,(H2,13,15)(H2,14,17). The number of piperidine rings is 1. The second-order valence-corrected chi connectivity index (χ2v) is 5.93. The number of nitrogens with two attached hydrogens (primary N) is 2. The van der Waals surface area contributed by atoms with Crippen molar-refractivity contribution < 1.29 is 4.79 Å². The van der Waals surface area contributed by atoms with Gasteiger partial charge in [-0.3, -0.25) is 4.79 Å². The van der Waals surface area contributed by atoms with E-state index in [0.29, 0.717) is 11.5 Å². The molecule has 5 nitrogen and oxygen atoms in total. The second-order valence-electron chi connectivity index (χ2n) is 5.18. The molecule has 6 heteroatoms. The predicted octanol–water partition coefficient (Wildman–Crippen LogP) is 1.70. The van der Waals surface area contributed by atoms with Crippen LogP contribution in [0.4, 0.5) is 10.8 Å². The Kier molecular flexibility index (Phi) is 3.75. The molecule has 4 N–H and O–H groups in total. The zero-order valence-electron chi connectivity index (χ0n) is 10.8. The van der Waals surface area contributed by atoms with Crippen LogP contribution in [-0.2, 0) is 0 Å². The molecule has 1 saturated heterocycles. The van der Waals surface area contributed by atoms with Crippen molar-refractivity contribution in [1.29, 1.82) is 0 Å². The first-order valence-electron chi connectivity index (χ1n) is 6.30.